The number of nitrogens with one attached hydrogen (secondary N) is 2. The molecule has 1 aromatic carbocycles. The second-order valence-electron chi connectivity index (χ2n) is 5.29. The molecule has 1 saturated carbocycles. The molecule has 1 aliphatic rings. The molecule has 0 heterocycles. The van der Waals surface area contributed by atoms with E-state index in [1.807, 2.05) is 0 Å². The van der Waals surface area contributed by atoms with E-state index in [0.29, 0.717) is 16.7 Å². The number of thiocarbonyl (C=S) groups is 1. The zero-order valence-electron chi connectivity index (χ0n) is 12.7. The van der Waals surface area contributed by atoms with E-state index in [9.17, 15) is 4.79 Å². The Labute approximate surface area is 136 Å². The summed E-state index contributed by atoms with van der Waals surface area (Å²) in [5.74, 6) is -0.348. The molecule has 0 spiro atoms. The van der Waals surface area contributed by atoms with Crippen molar-refractivity contribution in [3.63, 3.8) is 0 Å². The van der Waals surface area contributed by atoms with Crippen molar-refractivity contribution >= 4 is 29.5 Å². The molecule has 22 heavy (non-hydrogen) atoms. The zero-order valence-corrected chi connectivity index (χ0v) is 13.5. The molecule has 1 aromatic rings. The van der Waals surface area contributed by atoms with E-state index in [1.54, 1.807) is 30.5 Å². The van der Waals surface area contributed by atoms with Gasteiger partial charge in [0.05, 0.1) is 18.9 Å². The molecule has 0 aliphatic heterocycles. The van der Waals surface area contributed by atoms with Crippen LogP contribution in [-0.4, -0.2) is 30.4 Å². The summed E-state index contributed by atoms with van der Waals surface area (Å²) in [6.07, 6.45) is 7.83. The van der Waals surface area contributed by atoms with Crippen LogP contribution in [-0.2, 0) is 4.74 Å². The van der Waals surface area contributed by atoms with E-state index >= 15 is 0 Å². The Kier molecular flexibility index (Phi) is 6.33. The largest absolute Gasteiger partial charge is 0.465 e. The van der Waals surface area contributed by atoms with Crippen LogP contribution < -0.4 is 10.7 Å². The third-order valence-corrected chi connectivity index (χ3v) is 3.86. The zero-order chi connectivity index (χ0) is 15.8. The van der Waals surface area contributed by atoms with Gasteiger partial charge in [0.15, 0.2) is 5.11 Å². The maximum atomic E-state index is 11.3. The SMILES string of the molecule is COC(=O)c1ccc(C=NNC(=S)NC2CCCCC2)cc1. The fourth-order valence-corrected chi connectivity index (χ4v) is 2.67. The highest BCUT2D eigenvalue weighted by molar-refractivity contribution is 7.80. The van der Waals surface area contributed by atoms with Crippen LogP contribution in [0.3, 0.4) is 0 Å². The van der Waals surface area contributed by atoms with Crippen LogP contribution in [0.2, 0.25) is 0 Å². The summed E-state index contributed by atoms with van der Waals surface area (Å²) in [5, 5.41) is 7.94. The molecule has 2 rings (SSSR count). The van der Waals surface area contributed by atoms with E-state index in [2.05, 4.69) is 20.6 Å². The van der Waals surface area contributed by atoms with Gasteiger partial charge < -0.3 is 10.1 Å². The molecule has 2 N–H and O–H groups in total. The van der Waals surface area contributed by atoms with Crippen molar-refractivity contribution in [1.29, 1.82) is 0 Å². The Morgan fingerprint density at radius 1 is 1.27 bits per heavy atom. The Hall–Kier alpha value is -1.95. The number of esters is 1. The van der Waals surface area contributed by atoms with Gasteiger partial charge in [0.2, 0.25) is 0 Å². The molecule has 1 fully saturated rings. The maximum Gasteiger partial charge on any atom is 0.337 e. The van der Waals surface area contributed by atoms with Crippen molar-refractivity contribution in [2.75, 3.05) is 7.11 Å². The van der Waals surface area contributed by atoms with Crippen molar-refractivity contribution in [1.82, 2.24) is 10.7 Å². The van der Waals surface area contributed by atoms with Crippen LogP contribution in [0.25, 0.3) is 0 Å². The van der Waals surface area contributed by atoms with E-state index in [-0.39, 0.29) is 5.97 Å². The summed E-state index contributed by atoms with van der Waals surface area (Å²) in [6.45, 7) is 0. The van der Waals surface area contributed by atoms with Crippen LogP contribution in [0, 0.1) is 0 Å². The third kappa shape index (κ3) is 5.11. The van der Waals surface area contributed by atoms with Crippen LogP contribution in [0.15, 0.2) is 29.4 Å². The predicted octanol–water partition coefficient (Wildman–Crippen LogP) is 2.60. The lowest BCUT2D eigenvalue weighted by molar-refractivity contribution is 0.0600. The van der Waals surface area contributed by atoms with Gasteiger partial charge in [0, 0.05) is 6.04 Å². The standard InChI is InChI=1S/C16H21N3O2S/c1-21-15(20)13-9-7-12(8-10-13)11-17-19-16(22)18-14-5-3-2-4-6-14/h7-11,14H,2-6H2,1H3,(H2,18,19,22). The van der Waals surface area contributed by atoms with Crippen molar-refractivity contribution in [2.45, 2.75) is 38.1 Å². The Morgan fingerprint density at radius 2 is 1.95 bits per heavy atom. The monoisotopic (exact) mass is 319 g/mol. The molecule has 0 radical (unpaired) electrons. The number of nitrogens with zero attached hydrogens (tertiary/aromatic N) is 1. The van der Waals surface area contributed by atoms with Gasteiger partial charge in [-0.3, -0.25) is 5.43 Å². The maximum absolute atomic E-state index is 11.3. The lowest BCUT2D eigenvalue weighted by Gasteiger charge is -2.23. The van der Waals surface area contributed by atoms with Crippen molar-refractivity contribution in [3.8, 4) is 0 Å². The number of methoxy groups -OCH3 is 1. The highest BCUT2D eigenvalue weighted by Gasteiger charge is 2.13. The molecule has 118 valence electrons. The van der Waals surface area contributed by atoms with Gasteiger partial charge in [0.1, 0.15) is 0 Å². The summed E-state index contributed by atoms with van der Waals surface area (Å²) in [4.78, 5) is 11.3. The Bertz CT molecular complexity index is 537. The number of hydrazone groups is 1. The smallest absolute Gasteiger partial charge is 0.337 e. The van der Waals surface area contributed by atoms with Gasteiger partial charge in [-0.25, -0.2) is 4.79 Å². The fraction of sp³-hybridized carbons (Fsp3) is 0.438. The van der Waals surface area contributed by atoms with Crippen LogP contribution in [0.5, 0.6) is 0 Å². The molecule has 0 saturated heterocycles. The lowest BCUT2D eigenvalue weighted by atomic mass is 9.96. The van der Waals surface area contributed by atoms with Crippen molar-refractivity contribution in [2.24, 2.45) is 5.10 Å². The molecule has 0 amide bonds. The number of rotatable bonds is 4. The minimum absolute atomic E-state index is 0.348. The number of carbonyl (C=O) groups excluding carboxylic acids is 1. The summed E-state index contributed by atoms with van der Waals surface area (Å²) in [5.41, 5.74) is 4.22. The van der Waals surface area contributed by atoms with Gasteiger partial charge in [-0.15, -0.1) is 0 Å². The number of benzene rings is 1. The third-order valence-electron chi connectivity index (χ3n) is 3.65. The molecule has 6 heteroatoms. The molecular weight excluding hydrogens is 298 g/mol. The van der Waals surface area contributed by atoms with Gasteiger partial charge in [-0.05, 0) is 42.8 Å². The summed E-state index contributed by atoms with van der Waals surface area (Å²) in [6, 6.07) is 7.46. The van der Waals surface area contributed by atoms with E-state index in [0.717, 1.165) is 5.56 Å². The highest BCUT2D eigenvalue weighted by atomic mass is 32.1. The molecule has 0 atom stereocenters. The Morgan fingerprint density at radius 3 is 2.59 bits per heavy atom. The van der Waals surface area contributed by atoms with Crippen LogP contribution in [0.4, 0.5) is 0 Å². The normalized spacial score (nSPS) is 15.5. The lowest BCUT2D eigenvalue weighted by Crippen LogP contribution is -2.40. The van der Waals surface area contributed by atoms with Crippen molar-refractivity contribution < 1.29 is 9.53 Å². The predicted molar refractivity (Wildman–Crippen MR) is 91.1 cm³/mol. The minimum Gasteiger partial charge on any atom is -0.465 e. The summed E-state index contributed by atoms with van der Waals surface area (Å²) < 4.78 is 4.65. The number of hydrogen-bond acceptors (Lipinski definition) is 4. The van der Waals surface area contributed by atoms with Crippen molar-refractivity contribution in [3.05, 3.63) is 35.4 Å². The second kappa shape index (κ2) is 8.48. The quantitative estimate of drug-likeness (QED) is 0.386. The first-order valence-electron chi connectivity index (χ1n) is 7.47. The summed E-state index contributed by atoms with van der Waals surface area (Å²) >= 11 is 5.22. The average Bonchev–Trinajstić information content (AvgIpc) is 2.55. The molecule has 0 unspecified atom stereocenters. The molecule has 1 aliphatic carbocycles. The Balaban J connectivity index is 1.78. The average molecular weight is 319 g/mol. The molecule has 0 bridgehead atoms. The van der Waals surface area contributed by atoms with Gasteiger partial charge in [-0.2, -0.15) is 5.10 Å². The van der Waals surface area contributed by atoms with E-state index in [4.69, 9.17) is 12.2 Å². The van der Waals surface area contributed by atoms with Gasteiger partial charge >= 0.3 is 5.97 Å². The molecule has 5 nitrogen and oxygen atoms in total. The minimum atomic E-state index is -0.348. The summed E-state index contributed by atoms with van der Waals surface area (Å²) in [7, 11) is 1.36. The van der Waals surface area contributed by atoms with E-state index < -0.39 is 0 Å². The first kappa shape index (κ1) is 16.4. The second-order valence-corrected chi connectivity index (χ2v) is 5.70. The van der Waals surface area contributed by atoms with Gasteiger partial charge in [-0.1, -0.05) is 31.4 Å². The fourth-order valence-electron chi connectivity index (χ4n) is 2.45. The molecular formula is C16H21N3O2S. The van der Waals surface area contributed by atoms with Crippen LogP contribution >= 0.6 is 12.2 Å². The van der Waals surface area contributed by atoms with Crippen LogP contribution in [0.1, 0.15) is 48.0 Å². The number of carbonyl (C=O) groups is 1. The van der Waals surface area contributed by atoms with E-state index in [1.165, 1.54) is 39.2 Å². The topological polar surface area (TPSA) is 62.7 Å². The van der Waals surface area contributed by atoms with Gasteiger partial charge in [0.25, 0.3) is 0 Å². The number of hydrogen-bond donors (Lipinski definition) is 2. The first-order chi connectivity index (χ1) is 10.7. The first-order valence-corrected chi connectivity index (χ1v) is 7.88. The number of ether oxygens (including phenoxy) is 1. The highest BCUT2D eigenvalue weighted by Crippen LogP contribution is 2.17. The molecule has 0 aromatic heterocycles.